The van der Waals surface area contributed by atoms with Crippen LogP contribution in [0.25, 0.3) is 0 Å². The van der Waals surface area contributed by atoms with E-state index in [2.05, 4.69) is 14.9 Å². The van der Waals surface area contributed by atoms with Gasteiger partial charge in [-0.3, -0.25) is 0 Å². The van der Waals surface area contributed by atoms with Crippen molar-refractivity contribution in [1.82, 2.24) is 14.9 Å². The number of hydrogen-bond acceptors (Lipinski definition) is 3. The zero-order valence-electron chi connectivity index (χ0n) is 7.03. The van der Waals surface area contributed by atoms with Gasteiger partial charge in [0, 0.05) is 6.04 Å². The third-order valence-electron chi connectivity index (χ3n) is 2.40. The van der Waals surface area contributed by atoms with Gasteiger partial charge in [0.2, 0.25) is 0 Å². The molecule has 1 aromatic heterocycles. The van der Waals surface area contributed by atoms with Crippen LogP contribution in [0.15, 0.2) is 12.5 Å². The molecule has 1 fully saturated rings. The second-order valence-electron chi connectivity index (χ2n) is 3.21. The molecule has 1 saturated heterocycles. The quantitative estimate of drug-likeness (QED) is 0.634. The fourth-order valence-electron chi connectivity index (χ4n) is 1.70. The lowest BCUT2D eigenvalue weighted by molar-refractivity contribution is 0.371. The van der Waals surface area contributed by atoms with E-state index in [1.165, 1.54) is 0 Å². The molecule has 0 unspecified atom stereocenters. The van der Waals surface area contributed by atoms with E-state index in [-0.39, 0.29) is 0 Å². The van der Waals surface area contributed by atoms with Gasteiger partial charge in [0.05, 0.1) is 12.5 Å². The highest BCUT2D eigenvalue weighted by molar-refractivity contribution is 5.25. The Hall–Kier alpha value is -1.03. The van der Waals surface area contributed by atoms with E-state index in [4.69, 9.17) is 5.73 Å². The largest absolute Gasteiger partial charge is 0.384 e. The van der Waals surface area contributed by atoms with Crippen molar-refractivity contribution in [3.63, 3.8) is 0 Å². The highest BCUT2D eigenvalue weighted by Crippen LogP contribution is 2.20. The van der Waals surface area contributed by atoms with Crippen LogP contribution in [0, 0.1) is 0 Å². The van der Waals surface area contributed by atoms with E-state index < -0.39 is 0 Å². The number of anilines is 1. The van der Waals surface area contributed by atoms with Gasteiger partial charge in [0.25, 0.3) is 0 Å². The monoisotopic (exact) mass is 166 g/mol. The number of aromatic nitrogens is 2. The van der Waals surface area contributed by atoms with E-state index in [1.807, 2.05) is 6.33 Å². The Morgan fingerprint density at radius 3 is 2.83 bits per heavy atom. The molecule has 1 aliphatic rings. The molecule has 0 amide bonds. The molecule has 3 N–H and O–H groups in total. The molecule has 1 aromatic rings. The minimum absolute atomic E-state index is 0.550. The van der Waals surface area contributed by atoms with Crippen molar-refractivity contribution in [1.29, 1.82) is 0 Å². The van der Waals surface area contributed by atoms with Crippen molar-refractivity contribution < 1.29 is 0 Å². The number of rotatable bonds is 1. The van der Waals surface area contributed by atoms with Crippen LogP contribution in [-0.2, 0) is 0 Å². The number of imidazole rings is 1. The number of nitrogen functional groups attached to an aromatic ring is 1. The first-order valence-electron chi connectivity index (χ1n) is 4.36. The third-order valence-corrected chi connectivity index (χ3v) is 2.40. The van der Waals surface area contributed by atoms with E-state index >= 15 is 0 Å². The molecular weight excluding hydrogens is 152 g/mol. The maximum atomic E-state index is 5.75. The van der Waals surface area contributed by atoms with Gasteiger partial charge in [-0.2, -0.15) is 0 Å². The molecule has 0 aromatic carbocycles. The molecule has 0 aliphatic carbocycles. The second kappa shape index (κ2) is 3.15. The maximum absolute atomic E-state index is 5.75. The average Bonchev–Trinajstić information content (AvgIpc) is 2.53. The summed E-state index contributed by atoms with van der Waals surface area (Å²) in [6.07, 6.45) is 5.84. The number of hydrogen-bond donors (Lipinski definition) is 2. The maximum Gasteiger partial charge on any atom is 0.123 e. The summed E-state index contributed by atoms with van der Waals surface area (Å²) in [5.41, 5.74) is 5.75. The predicted octanol–water partition coefficient (Wildman–Crippen LogP) is 0.390. The van der Waals surface area contributed by atoms with Crippen molar-refractivity contribution >= 4 is 5.82 Å². The predicted molar refractivity (Wildman–Crippen MR) is 47.8 cm³/mol. The van der Waals surface area contributed by atoms with Crippen molar-refractivity contribution in [2.45, 2.75) is 18.9 Å². The number of nitrogens with two attached hydrogens (primary N) is 1. The molecule has 1 aliphatic heterocycles. The third kappa shape index (κ3) is 1.30. The van der Waals surface area contributed by atoms with Gasteiger partial charge in [-0.1, -0.05) is 0 Å². The fraction of sp³-hybridized carbons (Fsp3) is 0.625. The molecule has 2 heterocycles. The molecule has 0 bridgehead atoms. The van der Waals surface area contributed by atoms with Gasteiger partial charge in [-0.15, -0.1) is 0 Å². The number of nitrogens with one attached hydrogen (secondary N) is 1. The smallest absolute Gasteiger partial charge is 0.123 e. The molecule has 4 heteroatoms. The van der Waals surface area contributed by atoms with Crippen LogP contribution in [0.5, 0.6) is 0 Å². The van der Waals surface area contributed by atoms with Crippen LogP contribution >= 0.6 is 0 Å². The highest BCUT2D eigenvalue weighted by Gasteiger charge is 2.15. The molecule has 0 atom stereocenters. The lowest BCUT2D eigenvalue weighted by Crippen LogP contribution is -2.29. The van der Waals surface area contributed by atoms with E-state index in [0.29, 0.717) is 6.04 Å². The van der Waals surface area contributed by atoms with E-state index in [1.54, 1.807) is 6.20 Å². The number of nitrogens with zero attached hydrogens (tertiary/aromatic N) is 2. The van der Waals surface area contributed by atoms with Gasteiger partial charge >= 0.3 is 0 Å². The van der Waals surface area contributed by atoms with Crippen LogP contribution in [0.3, 0.4) is 0 Å². The first-order chi connectivity index (χ1) is 5.88. The zero-order chi connectivity index (χ0) is 8.39. The Morgan fingerprint density at radius 2 is 2.25 bits per heavy atom. The molecule has 4 nitrogen and oxygen atoms in total. The highest BCUT2D eigenvalue weighted by atomic mass is 15.1. The standard InChI is InChI=1S/C8H14N4/c9-8-5-11-6-12(8)7-1-3-10-4-2-7/h5-7,10H,1-4,9H2. The summed E-state index contributed by atoms with van der Waals surface area (Å²) in [6, 6.07) is 0.550. The molecule has 12 heavy (non-hydrogen) atoms. The summed E-state index contributed by atoms with van der Waals surface area (Å²) >= 11 is 0. The minimum atomic E-state index is 0.550. The van der Waals surface area contributed by atoms with E-state index in [0.717, 1.165) is 31.7 Å². The first-order valence-corrected chi connectivity index (χ1v) is 4.36. The molecule has 0 spiro atoms. The van der Waals surface area contributed by atoms with Crippen LogP contribution in [-0.4, -0.2) is 22.6 Å². The lowest BCUT2D eigenvalue weighted by Gasteiger charge is -2.24. The Kier molecular flexibility index (Phi) is 1.99. The lowest BCUT2D eigenvalue weighted by atomic mass is 10.1. The molecule has 0 saturated carbocycles. The molecule has 2 rings (SSSR count). The van der Waals surface area contributed by atoms with Gasteiger partial charge in [-0.25, -0.2) is 4.98 Å². The Balaban J connectivity index is 2.13. The van der Waals surface area contributed by atoms with Gasteiger partial charge in [-0.05, 0) is 25.9 Å². The summed E-state index contributed by atoms with van der Waals surface area (Å²) in [4.78, 5) is 4.01. The SMILES string of the molecule is Nc1cncn1C1CCNCC1. The summed E-state index contributed by atoms with van der Waals surface area (Å²) in [5, 5.41) is 3.32. The Bertz CT molecular complexity index is 249. The summed E-state index contributed by atoms with van der Waals surface area (Å²) in [5.74, 6) is 0.780. The van der Waals surface area contributed by atoms with Crippen molar-refractivity contribution in [3.05, 3.63) is 12.5 Å². The molecule has 0 radical (unpaired) electrons. The Labute approximate surface area is 71.8 Å². The first kappa shape index (κ1) is 7.61. The van der Waals surface area contributed by atoms with Crippen molar-refractivity contribution in [2.75, 3.05) is 18.8 Å². The molecule has 66 valence electrons. The van der Waals surface area contributed by atoms with Crippen molar-refractivity contribution in [3.8, 4) is 0 Å². The summed E-state index contributed by atoms with van der Waals surface area (Å²) in [6.45, 7) is 2.17. The summed E-state index contributed by atoms with van der Waals surface area (Å²) < 4.78 is 2.07. The van der Waals surface area contributed by atoms with Crippen LogP contribution in [0.1, 0.15) is 18.9 Å². The second-order valence-corrected chi connectivity index (χ2v) is 3.21. The van der Waals surface area contributed by atoms with Crippen LogP contribution in [0.4, 0.5) is 5.82 Å². The fourth-order valence-corrected chi connectivity index (χ4v) is 1.70. The van der Waals surface area contributed by atoms with Crippen molar-refractivity contribution in [2.24, 2.45) is 0 Å². The van der Waals surface area contributed by atoms with E-state index in [9.17, 15) is 0 Å². The molecular formula is C8H14N4. The zero-order valence-corrected chi connectivity index (χ0v) is 7.03. The van der Waals surface area contributed by atoms with Crippen LogP contribution in [0.2, 0.25) is 0 Å². The van der Waals surface area contributed by atoms with Gasteiger partial charge < -0.3 is 15.6 Å². The number of piperidine rings is 1. The normalized spacial score (nSPS) is 19.7. The summed E-state index contributed by atoms with van der Waals surface area (Å²) in [7, 11) is 0. The minimum Gasteiger partial charge on any atom is -0.384 e. The van der Waals surface area contributed by atoms with Gasteiger partial charge in [0.1, 0.15) is 5.82 Å². The van der Waals surface area contributed by atoms with Crippen LogP contribution < -0.4 is 11.1 Å². The topological polar surface area (TPSA) is 55.9 Å². The Morgan fingerprint density at radius 1 is 1.50 bits per heavy atom. The average molecular weight is 166 g/mol. The van der Waals surface area contributed by atoms with Gasteiger partial charge in [0.15, 0.2) is 0 Å².